The lowest BCUT2D eigenvalue weighted by Crippen LogP contribution is -2.39. The molecule has 106 valence electrons. The number of hydrogen-bond donors (Lipinski definition) is 1. The van der Waals surface area contributed by atoms with E-state index in [0.717, 1.165) is 18.2 Å². The van der Waals surface area contributed by atoms with E-state index < -0.39 is 0 Å². The quantitative estimate of drug-likeness (QED) is 0.923. The third-order valence-electron chi connectivity index (χ3n) is 4.34. The van der Waals surface area contributed by atoms with Crippen molar-refractivity contribution >= 4 is 15.9 Å². The largest absolute Gasteiger partial charge is 0.312 e. The fourth-order valence-corrected chi connectivity index (χ4v) is 3.51. The normalized spacial score (nSPS) is 25.5. The van der Waals surface area contributed by atoms with E-state index >= 15 is 0 Å². The Labute approximate surface area is 123 Å². The Morgan fingerprint density at radius 1 is 1.42 bits per heavy atom. The highest BCUT2D eigenvalue weighted by Gasteiger charge is 2.33. The highest BCUT2D eigenvalue weighted by Crippen LogP contribution is 2.34. The second-order valence-electron chi connectivity index (χ2n) is 5.96. The van der Waals surface area contributed by atoms with Crippen molar-refractivity contribution in [3.05, 3.63) is 15.9 Å². The number of nitrogens with zero attached hydrogens (tertiary/aromatic N) is 3. The van der Waals surface area contributed by atoms with Gasteiger partial charge < -0.3 is 5.32 Å². The van der Waals surface area contributed by atoms with Crippen LogP contribution in [-0.4, -0.2) is 40.4 Å². The van der Waals surface area contributed by atoms with Crippen LogP contribution in [0.25, 0.3) is 0 Å². The van der Waals surface area contributed by atoms with Gasteiger partial charge in [0.15, 0.2) is 0 Å². The van der Waals surface area contributed by atoms with Crippen LogP contribution in [0.5, 0.6) is 0 Å². The zero-order chi connectivity index (χ0) is 13.4. The van der Waals surface area contributed by atoms with Gasteiger partial charge in [0.2, 0.25) is 0 Å². The van der Waals surface area contributed by atoms with Crippen LogP contribution in [0.4, 0.5) is 0 Å². The second-order valence-corrected chi connectivity index (χ2v) is 6.75. The van der Waals surface area contributed by atoms with Gasteiger partial charge in [0, 0.05) is 26.2 Å². The van der Waals surface area contributed by atoms with E-state index in [1.165, 1.54) is 49.1 Å². The molecular weight excluding hydrogens is 304 g/mol. The van der Waals surface area contributed by atoms with Gasteiger partial charge in [-0.3, -0.25) is 9.58 Å². The third kappa shape index (κ3) is 3.03. The van der Waals surface area contributed by atoms with Crippen LogP contribution in [0.3, 0.4) is 0 Å². The molecule has 4 nitrogen and oxygen atoms in total. The summed E-state index contributed by atoms with van der Waals surface area (Å²) in [7, 11) is 2.04. The Morgan fingerprint density at radius 3 is 2.84 bits per heavy atom. The Bertz CT molecular complexity index is 453. The standard InChI is InChI=1S/C14H23BrN4/c1-10-14(15)13(18(2)17-10)9-19-7-3-6-16-12(8-19)11-4-5-11/h11-12,16H,3-9H2,1-2H3. The van der Waals surface area contributed by atoms with Gasteiger partial charge in [-0.15, -0.1) is 0 Å². The molecule has 1 N–H and O–H groups in total. The molecule has 1 aliphatic carbocycles. The third-order valence-corrected chi connectivity index (χ3v) is 5.37. The molecule has 2 aliphatic rings. The second kappa shape index (κ2) is 5.54. The summed E-state index contributed by atoms with van der Waals surface area (Å²) >= 11 is 3.68. The van der Waals surface area contributed by atoms with Gasteiger partial charge in [-0.1, -0.05) is 0 Å². The molecule has 3 rings (SSSR count). The first-order valence-electron chi connectivity index (χ1n) is 7.29. The molecule has 0 radical (unpaired) electrons. The van der Waals surface area contributed by atoms with E-state index in [0.29, 0.717) is 6.04 Å². The summed E-state index contributed by atoms with van der Waals surface area (Å²) in [6.07, 6.45) is 4.08. The molecule has 0 spiro atoms. The first-order valence-corrected chi connectivity index (χ1v) is 8.08. The molecule has 0 amide bonds. The van der Waals surface area contributed by atoms with Gasteiger partial charge in [-0.2, -0.15) is 5.10 Å². The maximum atomic E-state index is 4.49. The highest BCUT2D eigenvalue weighted by atomic mass is 79.9. The van der Waals surface area contributed by atoms with Crippen molar-refractivity contribution < 1.29 is 0 Å². The van der Waals surface area contributed by atoms with Crippen LogP contribution >= 0.6 is 15.9 Å². The van der Waals surface area contributed by atoms with Crippen molar-refractivity contribution in [2.45, 2.75) is 38.8 Å². The summed E-state index contributed by atoms with van der Waals surface area (Å²) in [5.74, 6) is 0.928. The molecule has 5 heteroatoms. The molecule has 1 atom stereocenters. The maximum Gasteiger partial charge on any atom is 0.0739 e. The minimum Gasteiger partial charge on any atom is -0.312 e. The topological polar surface area (TPSA) is 33.1 Å². The number of halogens is 1. The average Bonchev–Trinajstić information content (AvgIpc) is 3.17. The van der Waals surface area contributed by atoms with Crippen LogP contribution < -0.4 is 5.32 Å². The predicted octanol–water partition coefficient (Wildman–Crippen LogP) is 2.06. The van der Waals surface area contributed by atoms with Gasteiger partial charge in [-0.25, -0.2) is 0 Å². The molecule has 1 aromatic heterocycles. The minimum absolute atomic E-state index is 0.704. The molecule has 1 aliphatic heterocycles. The molecule has 1 saturated heterocycles. The summed E-state index contributed by atoms with van der Waals surface area (Å²) < 4.78 is 3.19. The Balaban J connectivity index is 1.70. The molecule has 1 aromatic rings. The predicted molar refractivity (Wildman–Crippen MR) is 80.1 cm³/mol. The molecule has 1 saturated carbocycles. The van der Waals surface area contributed by atoms with E-state index in [-0.39, 0.29) is 0 Å². The lowest BCUT2D eigenvalue weighted by Gasteiger charge is -2.24. The lowest BCUT2D eigenvalue weighted by atomic mass is 10.2. The molecule has 0 aromatic carbocycles. The fraction of sp³-hybridized carbons (Fsp3) is 0.786. The monoisotopic (exact) mass is 326 g/mol. The lowest BCUT2D eigenvalue weighted by molar-refractivity contribution is 0.244. The van der Waals surface area contributed by atoms with Gasteiger partial charge in [0.05, 0.1) is 15.9 Å². The molecule has 1 unspecified atom stereocenters. The number of aryl methyl sites for hydroxylation is 2. The highest BCUT2D eigenvalue weighted by molar-refractivity contribution is 9.10. The summed E-state index contributed by atoms with van der Waals surface area (Å²) in [6, 6.07) is 0.704. The van der Waals surface area contributed by atoms with Crippen LogP contribution in [0.15, 0.2) is 4.47 Å². The van der Waals surface area contributed by atoms with Crippen molar-refractivity contribution in [3.8, 4) is 0 Å². The Morgan fingerprint density at radius 2 is 2.21 bits per heavy atom. The van der Waals surface area contributed by atoms with Crippen LogP contribution in [-0.2, 0) is 13.6 Å². The molecule has 2 fully saturated rings. The van der Waals surface area contributed by atoms with Gasteiger partial charge in [0.25, 0.3) is 0 Å². The molecule has 0 bridgehead atoms. The van der Waals surface area contributed by atoms with Crippen molar-refractivity contribution in [2.24, 2.45) is 13.0 Å². The summed E-state index contributed by atoms with van der Waals surface area (Å²) in [4.78, 5) is 2.59. The van der Waals surface area contributed by atoms with Crippen molar-refractivity contribution in [1.29, 1.82) is 0 Å². The van der Waals surface area contributed by atoms with Crippen LogP contribution in [0.1, 0.15) is 30.7 Å². The SMILES string of the molecule is Cc1nn(C)c(CN2CCCNC(C3CC3)C2)c1Br. The van der Waals surface area contributed by atoms with E-state index in [9.17, 15) is 0 Å². The molecule has 19 heavy (non-hydrogen) atoms. The van der Waals surface area contributed by atoms with Crippen LogP contribution in [0.2, 0.25) is 0 Å². The first-order chi connectivity index (χ1) is 9.15. The zero-order valence-electron chi connectivity index (χ0n) is 11.8. The van der Waals surface area contributed by atoms with Gasteiger partial charge in [0.1, 0.15) is 0 Å². The summed E-state index contributed by atoms with van der Waals surface area (Å²) in [5.41, 5.74) is 2.39. The Kier molecular flexibility index (Phi) is 3.96. The molecule has 2 heterocycles. The minimum atomic E-state index is 0.704. The first kappa shape index (κ1) is 13.6. The van der Waals surface area contributed by atoms with Crippen molar-refractivity contribution in [2.75, 3.05) is 19.6 Å². The van der Waals surface area contributed by atoms with E-state index in [1.807, 2.05) is 11.7 Å². The van der Waals surface area contributed by atoms with E-state index in [1.54, 1.807) is 0 Å². The average molecular weight is 327 g/mol. The van der Waals surface area contributed by atoms with Gasteiger partial charge >= 0.3 is 0 Å². The fourth-order valence-electron chi connectivity index (χ4n) is 3.05. The number of rotatable bonds is 3. The van der Waals surface area contributed by atoms with E-state index in [2.05, 4.69) is 38.2 Å². The molecular formula is C14H23BrN4. The number of aromatic nitrogens is 2. The number of hydrogen-bond acceptors (Lipinski definition) is 3. The maximum absolute atomic E-state index is 4.49. The van der Waals surface area contributed by atoms with E-state index in [4.69, 9.17) is 0 Å². The number of nitrogens with one attached hydrogen (secondary N) is 1. The Hall–Kier alpha value is -0.390. The van der Waals surface area contributed by atoms with Crippen molar-refractivity contribution in [1.82, 2.24) is 20.0 Å². The van der Waals surface area contributed by atoms with Gasteiger partial charge in [-0.05, 0) is 61.1 Å². The summed E-state index contributed by atoms with van der Waals surface area (Å²) in [6.45, 7) is 6.60. The smallest absolute Gasteiger partial charge is 0.0739 e. The van der Waals surface area contributed by atoms with Crippen molar-refractivity contribution in [3.63, 3.8) is 0 Å². The summed E-state index contributed by atoms with van der Waals surface area (Å²) in [5, 5.41) is 8.21. The van der Waals surface area contributed by atoms with Crippen LogP contribution in [0, 0.1) is 12.8 Å². The zero-order valence-corrected chi connectivity index (χ0v) is 13.4.